The average molecular weight is 250 g/mol. The van der Waals surface area contributed by atoms with Gasteiger partial charge in [-0.25, -0.2) is 0 Å². The lowest BCUT2D eigenvalue weighted by Gasteiger charge is -2.48. The average Bonchev–Trinajstić information content (AvgIpc) is 3.13. The Labute approximate surface area is 113 Å². The normalized spacial score (nSPS) is 35.7. The maximum absolute atomic E-state index is 6.25. The van der Waals surface area contributed by atoms with Crippen LogP contribution in [-0.2, 0) is 0 Å². The van der Waals surface area contributed by atoms with Crippen LogP contribution in [0.4, 0.5) is 0 Å². The van der Waals surface area contributed by atoms with Crippen molar-refractivity contribution in [3.8, 4) is 0 Å². The third-order valence-corrected chi connectivity index (χ3v) is 5.60. The summed E-state index contributed by atoms with van der Waals surface area (Å²) in [5.41, 5.74) is 6.61. The molecule has 2 fully saturated rings. The highest BCUT2D eigenvalue weighted by Gasteiger charge is 2.43. The van der Waals surface area contributed by atoms with Crippen molar-refractivity contribution < 1.29 is 0 Å². The standard InChI is InChI=1S/C16H30N2/c1-5-10-18(14-7-8-14)11-13-6-9-15(17)12(2)16(13,3)4/h5,12-15H,1,6-11,17H2,2-4H3. The van der Waals surface area contributed by atoms with E-state index in [1.807, 2.05) is 0 Å². The predicted octanol–water partition coefficient (Wildman–Crippen LogP) is 3.04. The Morgan fingerprint density at radius 1 is 1.28 bits per heavy atom. The van der Waals surface area contributed by atoms with Gasteiger partial charge in [-0.2, -0.15) is 0 Å². The second kappa shape index (κ2) is 5.34. The van der Waals surface area contributed by atoms with E-state index in [9.17, 15) is 0 Å². The summed E-state index contributed by atoms with van der Waals surface area (Å²) in [6.45, 7) is 13.4. The highest BCUT2D eigenvalue weighted by atomic mass is 15.2. The second-order valence-electron chi connectivity index (χ2n) is 7.02. The molecule has 2 saturated carbocycles. The van der Waals surface area contributed by atoms with Gasteiger partial charge in [0.2, 0.25) is 0 Å². The summed E-state index contributed by atoms with van der Waals surface area (Å²) < 4.78 is 0. The van der Waals surface area contributed by atoms with E-state index in [1.54, 1.807) is 0 Å². The van der Waals surface area contributed by atoms with Crippen molar-refractivity contribution in [2.24, 2.45) is 23.0 Å². The van der Waals surface area contributed by atoms with Gasteiger partial charge in [-0.05, 0) is 42.9 Å². The van der Waals surface area contributed by atoms with Crippen LogP contribution in [0, 0.1) is 17.3 Å². The van der Waals surface area contributed by atoms with Gasteiger partial charge in [-0.1, -0.05) is 26.8 Å². The van der Waals surface area contributed by atoms with Crippen LogP contribution in [0.3, 0.4) is 0 Å². The molecule has 0 spiro atoms. The van der Waals surface area contributed by atoms with Crippen LogP contribution in [0.15, 0.2) is 12.7 Å². The number of rotatable bonds is 5. The maximum Gasteiger partial charge on any atom is 0.0163 e. The van der Waals surface area contributed by atoms with E-state index in [0.29, 0.717) is 17.4 Å². The first-order chi connectivity index (χ1) is 8.46. The molecule has 3 unspecified atom stereocenters. The van der Waals surface area contributed by atoms with E-state index in [4.69, 9.17) is 5.73 Å². The van der Waals surface area contributed by atoms with Crippen LogP contribution in [0.1, 0.15) is 46.5 Å². The molecule has 0 amide bonds. The van der Waals surface area contributed by atoms with Crippen molar-refractivity contribution in [3.05, 3.63) is 12.7 Å². The van der Waals surface area contributed by atoms with Crippen LogP contribution in [0.5, 0.6) is 0 Å². The molecule has 18 heavy (non-hydrogen) atoms. The molecule has 0 aromatic carbocycles. The van der Waals surface area contributed by atoms with Crippen LogP contribution >= 0.6 is 0 Å². The molecule has 2 nitrogen and oxygen atoms in total. The molecule has 2 aliphatic carbocycles. The van der Waals surface area contributed by atoms with Crippen molar-refractivity contribution in [2.45, 2.75) is 58.5 Å². The Kier molecular flexibility index (Phi) is 4.18. The molecule has 104 valence electrons. The van der Waals surface area contributed by atoms with Gasteiger partial charge in [0.15, 0.2) is 0 Å². The largest absolute Gasteiger partial charge is 0.327 e. The van der Waals surface area contributed by atoms with E-state index in [-0.39, 0.29) is 0 Å². The van der Waals surface area contributed by atoms with E-state index in [0.717, 1.165) is 18.5 Å². The Morgan fingerprint density at radius 3 is 2.50 bits per heavy atom. The fourth-order valence-corrected chi connectivity index (χ4v) is 3.53. The van der Waals surface area contributed by atoms with E-state index >= 15 is 0 Å². The van der Waals surface area contributed by atoms with Crippen molar-refractivity contribution in [1.29, 1.82) is 0 Å². The van der Waals surface area contributed by atoms with Gasteiger partial charge in [0.1, 0.15) is 0 Å². The minimum absolute atomic E-state index is 0.367. The minimum atomic E-state index is 0.367. The van der Waals surface area contributed by atoms with Gasteiger partial charge < -0.3 is 5.73 Å². The topological polar surface area (TPSA) is 29.3 Å². The maximum atomic E-state index is 6.25. The first-order valence-corrected chi connectivity index (χ1v) is 7.57. The minimum Gasteiger partial charge on any atom is -0.327 e. The van der Waals surface area contributed by atoms with Crippen LogP contribution in [0.25, 0.3) is 0 Å². The molecule has 2 N–H and O–H groups in total. The van der Waals surface area contributed by atoms with Crippen molar-refractivity contribution in [1.82, 2.24) is 4.90 Å². The van der Waals surface area contributed by atoms with Gasteiger partial charge >= 0.3 is 0 Å². The molecule has 0 bridgehead atoms. The predicted molar refractivity (Wildman–Crippen MR) is 78.4 cm³/mol. The quantitative estimate of drug-likeness (QED) is 0.760. The monoisotopic (exact) mass is 250 g/mol. The smallest absolute Gasteiger partial charge is 0.0163 e. The van der Waals surface area contributed by atoms with Crippen LogP contribution in [-0.4, -0.2) is 30.1 Å². The molecule has 0 aliphatic heterocycles. The fourth-order valence-electron chi connectivity index (χ4n) is 3.53. The molecular weight excluding hydrogens is 220 g/mol. The third kappa shape index (κ3) is 2.80. The van der Waals surface area contributed by atoms with Gasteiger partial charge in [0, 0.05) is 25.2 Å². The van der Waals surface area contributed by atoms with Gasteiger partial charge in [-0.15, -0.1) is 6.58 Å². The van der Waals surface area contributed by atoms with Crippen LogP contribution < -0.4 is 5.73 Å². The SMILES string of the molecule is C=CCN(CC1CCC(N)C(C)C1(C)C)C1CC1. The Hall–Kier alpha value is -0.340. The number of hydrogen-bond acceptors (Lipinski definition) is 2. The molecule has 2 heteroatoms. The molecule has 0 aromatic rings. The zero-order valence-corrected chi connectivity index (χ0v) is 12.4. The van der Waals surface area contributed by atoms with E-state index in [1.165, 1.54) is 32.2 Å². The summed E-state index contributed by atoms with van der Waals surface area (Å²) in [7, 11) is 0. The molecule has 3 atom stereocenters. The zero-order chi connectivity index (χ0) is 13.3. The van der Waals surface area contributed by atoms with E-state index in [2.05, 4.69) is 38.3 Å². The van der Waals surface area contributed by atoms with E-state index < -0.39 is 0 Å². The summed E-state index contributed by atoms with van der Waals surface area (Å²) in [4.78, 5) is 2.64. The van der Waals surface area contributed by atoms with Crippen molar-refractivity contribution in [2.75, 3.05) is 13.1 Å². The summed E-state index contributed by atoms with van der Waals surface area (Å²) in [5.74, 6) is 1.41. The molecule has 0 saturated heterocycles. The fraction of sp³-hybridized carbons (Fsp3) is 0.875. The molecule has 0 heterocycles. The molecule has 2 aliphatic rings. The highest BCUT2D eigenvalue weighted by Crippen LogP contribution is 2.45. The van der Waals surface area contributed by atoms with Gasteiger partial charge in [0.05, 0.1) is 0 Å². The lowest BCUT2D eigenvalue weighted by molar-refractivity contribution is 0.0293. The van der Waals surface area contributed by atoms with Crippen molar-refractivity contribution >= 4 is 0 Å². The molecular formula is C16H30N2. The van der Waals surface area contributed by atoms with Crippen molar-refractivity contribution in [3.63, 3.8) is 0 Å². The highest BCUT2D eigenvalue weighted by molar-refractivity contribution is 4.97. The Morgan fingerprint density at radius 2 is 1.94 bits per heavy atom. The summed E-state index contributed by atoms with van der Waals surface area (Å²) >= 11 is 0. The first kappa shape index (κ1) is 14.1. The summed E-state index contributed by atoms with van der Waals surface area (Å²) in [5, 5.41) is 0. The van der Waals surface area contributed by atoms with Gasteiger partial charge in [0.25, 0.3) is 0 Å². The number of nitrogens with two attached hydrogens (primary N) is 1. The number of nitrogens with zero attached hydrogens (tertiary/aromatic N) is 1. The summed E-state index contributed by atoms with van der Waals surface area (Å²) in [6, 6.07) is 1.23. The molecule has 0 aromatic heterocycles. The lowest BCUT2D eigenvalue weighted by Crippen LogP contribution is -2.50. The first-order valence-electron chi connectivity index (χ1n) is 7.57. The Bertz CT molecular complexity index is 293. The zero-order valence-electron chi connectivity index (χ0n) is 12.4. The van der Waals surface area contributed by atoms with Crippen LogP contribution in [0.2, 0.25) is 0 Å². The third-order valence-electron chi connectivity index (χ3n) is 5.60. The molecule has 2 rings (SSSR count). The molecule has 0 radical (unpaired) electrons. The number of hydrogen-bond donors (Lipinski definition) is 1. The second-order valence-corrected chi connectivity index (χ2v) is 7.02. The lowest BCUT2D eigenvalue weighted by atomic mass is 9.61. The Balaban J connectivity index is 2.00. The van der Waals surface area contributed by atoms with Gasteiger partial charge in [-0.3, -0.25) is 4.90 Å². The summed E-state index contributed by atoms with van der Waals surface area (Å²) in [6.07, 6.45) is 7.32.